The summed E-state index contributed by atoms with van der Waals surface area (Å²) in [5, 5.41) is 42.5. The molecular weight excluding hydrogens is 338 g/mol. The lowest BCUT2D eigenvalue weighted by molar-refractivity contribution is -0.384. The Balaban J connectivity index is 2.26. The normalized spacial score (nSPS) is 29.0. The van der Waals surface area contributed by atoms with Gasteiger partial charge in [-0.2, -0.15) is 0 Å². The van der Waals surface area contributed by atoms with E-state index in [-0.39, 0.29) is 17.1 Å². The summed E-state index contributed by atoms with van der Waals surface area (Å²) >= 11 is 0. The highest BCUT2D eigenvalue weighted by atomic mass is 16.7. The van der Waals surface area contributed by atoms with Gasteiger partial charge in [-0.15, -0.1) is 0 Å². The van der Waals surface area contributed by atoms with Crippen LogP contribution in [0.1, 0.15) is 6.92 Å². The van der Waals surface area contributed by atoms with E-state index in [1.165, 1.54) is 13.0 Å². The van der Waals surface area contributed by atoms with Gasteiger partial charge in [-0.25, -0.2) is 0 Å². The standard InChI is InChI=1S/C14H19N3O8/c1-6(19)16-11-13(21)12(20)10(5-18)25-14(11)24-9-3-2-7(17(22)23)4-8(9)15/h2-4,10-14,18,20-21H,5,15H2,1H3,(H,16,19)/t10-,11-,12-,13-,14-/m1/s1. The fourth-order valence-electron chi connectivity index (χ4n) is 2.45. The van der Waals surface area contributed by atoms with Crippen molar-refractivity contribution < 1.29 is 34.5 Å². The van der Waals surface area contributed by atoms with Crippen molar-refractivity contribution in [2.45, 2.75) is 37.6 Å². The summed E-state index contributed by atoms with van der Waals surface area (Å²) in [6.07, 6.45) is -5.36. The molecule has 1 saturated heterocycles. The van der Waals surface area contributed by atoms with Crippen LogP contribution in [0.25, 0.3) is 0 Å². The third-order valence-corrected chi connectivity index (χ3v) is 3.70. The minimum absolute atomic E-state index is 0.0197. The Morgan fingerprint density at radius 1 is 1.44 bits per heavy atom. The lowest BCUT2D eigenvalue weighted by atomic mass is 9.97. The zero-order valence-electron chi connectivity index (χ0n) is 13.2. The molecule has 0 saturated carbocycles. The predicted molar refractivity (Wildman–Crippen MR) is 83.5 cm³/mol. The van der Waals surface area contributed by atoms with Gasteiger partial charge >= 0.3 is 0 Å². The van der Waals surface area contributed by atoms with Gasteiger partial charge in [0.05, 0.1) is 17.2 Å². The first kappa shape index (κ1) is 18.9. The van der Waals surface area contributed by atoms with Gasteiger partial charge in [0.1, 0.15) is 30.1 Å². The van der Waals surface area contributed by atoms with Gasteiger partial charge in [0.2, 0.25) is 12.2 Å². The van der Waals surface area contributed by atoms with E-state index in [1.807, 2.05) is 0 Å². The lowest BCUT2D eigenvalue weighted by Gasteiger charge is -2.42. The van der Waals surface area contributed by atoms with Crippen molar-refractivity contribution >= 4 is 17.3 Å². The number of benzene rings is 1. The Labute approximate surface area is 142 Å². The second kappa shape index (κ2) is 7.61. The van der Waals surface area contributed by atoms with E-state index in [9.17, 15) is 30.2 Å². The zero-order chi connectivity index (χ0) is 18.7. The quantitative estimate of drug-likeness (QED) is 0.238. The average molecular weight is 357 g/mol. The van der Waals surface area contributed by atoms with Crippen molar-refractivity contribution in [1.82, 2.24) is 5.32 Å². The number of nitrogens with two attached hydrogens (primary N) is 1. The number of rotatable bonds is 5. The number of nitro benzene ring substituents is 1. The van der Waals surface area contributed by atoms with Crippen molar-refractivity contribution in [3.8, 4) is 5.75 Å². The number of nitrogen functional groups attached to an aromatic ring is 1. The van der Waals surface area contributed by atoms with Gasteiger partial charge in [0, 0.05) is 19.1 Å². The molecule has 0 spiro atoms. The van der Waals surface area contributed by atoms with Gasteiger partial charge in [0.25, 0.3) is 5.69 Å². The fourth-order valence-corrected chi connectivity index (χ4v) is 2.45. The molecule has 0 aliphatic carbocycles. The van der Waals surface area contributed by atoms with Gasteiger partial charge < -0.3 is 35.8 Å². The highest BCUT2D eigenvalue weighted by molar-refractivity contribution is 5.73. The minimum atomic E-state index is -1.47. The number of nitro groups is 1. The van der Waals surface area contributed by atoms with E-state index in [1.54, 1.807) is 0 Å². The highest BCUT2D eigenvalue weighted by Crippen LogP contribution is 2.30. The number of nitrogens with zero attached hydrogens (tertiary/aromatic N) is 1. The molecule has 25 heavy (non-hydrogen) atoms. The number of non-ortho nitro benzene ring substituents is 1. The number of hydrogen-bond donors (Lipinski definition) is 5. The third-order valence-electron chi connectivity index (χ3n) is 3.70. The Kier molecular flexibility index (Phi) is 5.74. The molecule has 1 heterocycles. The third kappa shape index (κ3) is 4.14. The second-order valence-corrected chi connectivity index (χ2v) is 5.53. The highest BCUT2D eigenvalue weighted by Gasteiger charge is 2.46. The summed E-state index contributed by atoms with van der Waals surface area (Å²) in [6, 6.07) is 2.34. The van der Waals surface area contributed by atoms with E-state index in [4.69, 9.17) is 15.2 Å². The minimum Gasteiger partial charge on any atom is -0.460 e. The summed E-state index contributed by atoms with van der Waals surface area (Å²) in [7, 11) is 0. The van der Waals surface area contributed by atoms with Crippen molar-refractivity contribution in [3.63, 3.8) is 0 Å². The van der Waals surface area contributed by atoms with Crippen molar-refractivity contribution in [2.24, 2.45) is 0 Å². The van der Waals surface area contributed by atoms with E-state index >= 15 is 0 Å². The van der Waals surface area contributed by atoms with Crippen molar-refractivity contribution in [1.29, 1.82) is 0 Å². The molecule has 0 aromatic heterocycles. The van der Waals surface area contributed by atoms with E-state index in [0.717, 1.165) is 12.1 Å². The number of carbonyl (C=O) groups is 1. The molecule has 1 aromatic rings. The van der Waals surface area contributed by atoms with Crippen molar-refractivity contribution in [2.75, 3.05) is 12.3 Å². The van der Waals surface area contributed by atoms with E-state index in [2.05, 4.69) is 5.32 Å². The number of aliphatic hydroxyl groups excluding tert-OH is 3. The van der Waals surface area contributed by atoms with Gasteiger partial charge in [-0.05, 0) is 6.07 Å². The SMILES string of the molecule is CC(=O)N[C@H]1[C@H](Oc2ccc([N+](=O)[O-])cc2N)O[C@H](CO)[C@@H](O)[C@@H]1O. The predicted octanol–water partition coefficient (Wildman–Crippen LogP) is -1.50. The molecule has 5 atom stereocenters. The van der Waals surface area contributed by atoms with E-state index < -0.39 is 48.1 Å². The van der Waals surface area contributed by atoms with Crippen LogP contribution in [0.4, 0.5) is 11.4 Å². The van der Waals surface area contributed by atoms with Crippen LogP contribution in [0.3, 0.4) is 0 Å². The topological polar surface area (TPSA) is 177 Å². The van der Waals surface area contributed by atoms with Crippen LogP contribution in [0.5, 0.6) is 5.75 Å². The Bertz CT molecular complexity index is 655. The Morgan fingerprint density at radius 2 is 2.12 bits per heavy atom. The molecule has 0 unspecified atom stereocenters. The number of ether oxygens (including phenoxy) is 2. The largest absolute Gasteiger partial charge is 0.460 e. The molecule has 1 aliphatic rings. The maximum atomic E-state index is 11.3. The van der Waals surface area contributed by atoms with Crippen LogP contribution >= 0.6 is 0 Å². The average Bonchev–Trinajstić information content (AvgIpc) is 2.55. The van der Waals surface area contributed by atoms with Crippen LogP contribution < -0.4 is 15.8 Å². The number of anilines is 1. The first-order valence-electron chi connectivity index (χ1n) is 7.34. The fraction of sp³-hybridized carbons (Fsp3) is 0.500. The number of nitrogens with one attached hydrogen (secondary N) is 1. The molecule has 11 nitrogen and oxygen atoms in total. The zero-order valence-corrected chi connectivity index (χ0v) is 13.2. The molecule has 138 valence electrons. The lowest BCUT2D eigenvalue weighted by Crippen LogP contribution is -2.65. The first-order chi connectivity index (χ1) is 11.7. The van der Waals surface area contributed by atoms with Crippen LogP contribution in [-0.2, 0) is 9.53 Å². The number of hydrogen-bond acceptors (Lipinski definition) is 9. The number of carbonyl (C=O) groups excluding carboxylic acids is 1. The smallest absolute Gasteiger partial charge is 0.271 e. The monoisotopic (exact) mass is 357 g/mol. The molecule has 1 amide bonds. The second-order valence-electron chi connectivity index (χ2n) is 5.53. The van der Waals surface area contributed by atoms with Crippen LogP contribution in [0.15, 0.2) is 18.2 Å². The summed E-state index contributed by atoms with van der Waals surface area (Å²) < 4.78 is 10.9. The van der Waals surface area contributed by atoms with Crippen LogP contribution in [-0.4, -0.2) is 63.4 Å². The molecule has 1 fully saturated rings. The summed E-state index contributed by atoms with van der Waals surface area (Å²) in [4.78, 5) is 21.4. The number of aliphatic hydroxyl groups is 3. The van der Waals surface area contributed by atoms with Gasteiger partial charge in [-0.1, -0.05) is 0 Å². The maximum Gasteiger partial charge on any atom is 0.271 e. The summed E-state index contributed by atoms with van der Waals surface area (Å²) in [5.74, 6) is -0.487. The maximum absolute atomic E-state index is 11.3. The van der Waals surface area contributed by atoms with Gasteiger partial charge in [-0.3, -0.25) is 14.9 Å². The summed E-state index contributed by atoms with van der Waals surface area (Å²) in [5.41, 5.74) is 5.42. The number of amides is 1. The molecule has 6 N–H and O–H groups in total. The van der Waals surface area contributed by atoms with Crippen LogP contribution in [0, 0.1) is 10.1 Å². The molecular formula is C14H19N3O8. The molecule has 1 aromatic carbocycles. The van der Waals surface area contributed by atoms with Crippen molar-refractivity contribution in [3.05, 3.63) is 28.3 Å². The summed E-state index contributed by atoms with van der Waals surface area (Å²) in [6.45, 7) is 0.606. The first-order valence-corrected chi connectivity index (χ1v) is 7.34. The molecule has 0 radical (unpaired) electrons. The molecule has 0 bridgehead atoms. The molecule has 11 heteroatoms. The molecule has 2 rings (SSSR count). The Hall–Kier alpha value is -2.47. The van der Waals surface area contributed by atoms with Crippen LogP contribution in [0.2, 0.25) is 0 Å². The van der Waals surface area contributed by atoms with E-state index in [0.29, 0.717) is 0 Å². The van der Waals surface area contributed by atoms with Gasteiger partial charge in [0.15, 0.2) is 0 Å². The Morgan fingerprint density at radius 3 is 2.64 bits per heavy atom. The molecule has 1 aliphatic heterocycles.